The zero-order valence-electron chi connectivity index (χ0n) is 11.1. The molecule has 0 aromatic rings. The van der Waals surface area contributed by atoms with Crippen molar-refractivity contribution in [3.05, 3.63) is 0 Å². The topological polar surface area (TPSA) is 29.1 Å². The Balaban J connectivity index is 3.00. The molecule has 1 amide bonds. The van der Waals surface area contributed by atoms with Crippen molar-refractivity contribution in [3.8, 4) is 0 Å². The van der Waals surface area contributed by atoms with Crippen molar-refractivity contribution < 1.29 is 4.79 Å². The summed E-state index contributed by atoms with van der Waals surface area (Å²) < 4.78 is 0. The third-order valence-corrected chi connectivity index (χ3v) is 3.09. The number of rotatable bonds is 12. The van der Waals surface area contributed by atoms with Gasteiger partial charge in [-0.3, -0.25) is 4.79 Å². The second-order valence-corrected chi connectivity index (χ2v) is 4.80. The first-order valence-corrected chi connectivity index (χ1v) is 7.01. The Labute approximate surface area is 101 Å². The van der Waals surface area contributed by atoms with E-state index in [0.717, 1.165) is 12.8 Å². The third-order valence-electron chi connectivity index (χ3n) is 3.09. The smallest absolute Gasteiger partial charge is 0.207 e. The summed E-state index contributed by atoms with van der Waals surface area (Å²) >= 11 is 0. The highest BCUT2D eigenvalue weighted by Gasteiger charge is 1.98. The van der Waals surface area contributed by atoms with Gasteiger partial charge in [0, 0.05) is 6.04 Å². The molecule has 0 heterocycles. The van der Waals surface area contributed by atoms with E-state index < -0.39 is 0 Å². The van der Waals surface area contributed by atoms with Gasteiger partial charge in [-0.1, -0.05) is 64.7 Å². The molecule has 96 valence electrons. The molecule has 1 N–H and O–H groups in total. The minimum atomic E-state index is 0.349. The maximum absolute atomic E-state index is 10.2. The van der Waals surface area contributed by atoms with Crippen LogP contribution in [0, 0.1) is 0 Å². The van der Waals surface area contributed by atoms with E-state index in [1.807, 2.05) is 0 Å². The van der Waals surface area contributed by atoms with Crippen molar-refractivity contribution in [2.24, 2.45) is 0 Å². The molecule has 0 aliphatic carbocycles. The number of carbonyl (C=O) groups is 1. The quantitative estimate of drug-likeness (QED) is 0.395. The Hall–Kier alpha value is -0.530. The van der Waals surface area contributed by atoms with Gasteiger partial charge in [0.15, 0.2) is 0 Å². The van der Waals surface area contributed by atoms with Gasteiger partial charge in [-0.2, -0.15) is 0 Å². The summed E-state index contributed by atoms with van der Waals surface area (Å²) in [4.78, 5) is 10.2. The van der Waals surface area contributed by atoms with Gasteiger partial charge in [0.2, 0.25) is 6.41 Å². The number of hydrogen-bond donors (Lipinski definition) is 1. The average Bonchev–Trinajstić information content (AvgIpc) is 2.27. The summed E-state index contributed by atoms with van der Waals surface area (Å²) in [5.41, 5.74) is 0. The van der Waals surface area contributed by atoms with E-state index in [4.69, 9.17) is 0 Å². The maximum atomic E-state index is 10.2. The molecule has 0 aliphatic rings. The lowest BCUT2D eigenvalue weighted by Crippen LogP contribution is -2.23. The summed E-state index contributed by atoms with van der Waals surface area (Å²) in [6.07, 6.45) is 14.2. The average molecular weight is 227 g/mol. The fraction of sp³-hybridized carbons (Fsp3) is 0.929. The molecule has 0 fully saturated rings. The van der Waals surface area contributed by atoms with Crippen LogP contribution in [0.25, 0.3) is 0 Å². The molecule has 2 nitrogen and oxygen atoms in total. The molecule has 0 spiro atoms. The van der Waals surface area contributed by atoms with Crippen molar-refractivity contribution in [3.63, 3.8) is 0 Å². The molecule has 0 aromatic carbocycles. The maximum Gasteiger partial charge on any atom is 0.207 e. The zero-order chi connectivity index (χ0) is 12.1. The van der Waals surface area contributed by atoms with Crippen LogP contribution in [-0.4, -0.2) is 12.5 Å². The Morgan fingerprint density at radius 3 is 1.94 bits per heavy atom. The normalized spacial score (nSPS) is 12.4. The summed E-state index contributed by atoms with van der Waals surface area (Å²) in [5.74, 6) is 0. The van der Waals surface area contributed by atoms with Crippen molar-refractivity contribution in [2.45, 2.75) is 84.1 Å². The first-order chi connectivity index (χ1) is 7.81. The number of unbranched alkanes of at least 4 members (excludes halogenated alkanes) is 8. The predicted octanol–water partition coefficient (Wildman–Crippen LogP) is 4.04. The third kappa shape index (κ3) is 11.5. The second-order valence-electron chi connectivity index (χ2n) is 4.80. The van der Waals surface area contributed by atoms with E-state index >= 15 is 0 Å². The van der Waals surface area contributed by atoms with Crippen LogP contribution in [0.15, 0.2) is 0 Å². The summed E-state index contributed by atoms with van der Waals surface area (Å²) in [7, 11) is 0. The number of amides is 1. The van der Waals surface area contributed by atoms with Crippen molar-refractivity contribution in [1.29, 1.82) is 0 Å². The molecule has 0 aliphatic heterocycles. The molecular formula is C14H29NO. The fourth-order valence-corrected chi connectivity index (χ4v) is 1.96. The van der Waals surface area contributed by atoms with Crippen LogP contribution in [0.3, 0.4) is 0 Å². The Morgan fingerprint density at radius 1 is 0.938 bits per heavy atom. The van der Waals surface area contributed by atoms with Crippen LogP contribution in [0.2, 0.25) is 0 Å². The molecule has 1 atom stereocenters. The van der Waals surface area contributed by atoms with E-state index in [9.17, 15) is 4.79 Å². The Kier molecular flexibility index (Phi) is 12.1. The first-order valence-electron chi connectivity index (χ1n) is 7.01. The number of carbonyl (C=O) groups excluding carboxylic acids is 1. The largest absolute Gasteiger partial charge is 0.356 e. The predicted molar refractivity (Wildman–Crippen MR) is 70.5 cm³/mol. The SMILES string of the molecule is CCCCCCCCCCCC(C)NC=O. The van der Waals surface area contributed by atoms with Crippen LogP contribution >= 0.6 is 0 Å². The molecule has 2 heteroatoms. The van der Waals surface area contributed by atoms with Gasteiger partial charge in [-0.25, -0.2) is 0 Å². The van der Waals surface area contributed by atoms with Crippen molar-refractivity contribution >= 4 is 6.41 Å². The minimum absolute atomic E-state index is 0.349. The molecule has 0 bridgehead atoms. The summed E-state index contributed by atoms with van der Waals surface area (Å²) in [6, 6.07) is 0.349. The molecule has 1 unspecified atom stereocenters. The van der Waals surface area contributed by atoms with Gasteiger partial charge in [0.25, 0.3) is 0 Å². The molecular weight excluding hydrogens is 198 g/mol. The van der Waals surface area contributed by atoms with E-state index in [0.29, 0.717) is 6.04 Å². The number of hydrogen-bond acceptors (Lipinski definition) is 1. The lowest BCUT2D eigenvalue weighted by molar-refractivity contribution is -0.110. The summed E-state index contributed by atoms with van der Waals surface area (Å²) in [5, 5.41) is 2.79. The first kappa shape index (κ1) is 15.5. The van der Waals surface area contributed by atoms with Crippen LogP contribution in [0.4, 0.5) is 0 Å². The van der Waals surface area contributed by atoms with Crippen molar-refractivity contribution in [2.75, 3.05) is 0 Å². The Bertz CT molecular complexity index is 148. The molecule has 0 rings (SSSR count). The van der Waals surface area contributed by atoms with Crippen LogP contribution < -0.4 is 5.32 Å². The Morgan fingerprint density at radius 2 is 1.44 bits per heavy atom. The van der Waals surface area contributed by atoms with E-state index in [-0.39, 0.29) is 0 Å². The molecule has 16 heavy (non-hydrogen) atoms. The minimum Gasteiger partial charge on any atom is -0.356 e. The lowest BCUT2D eigenvalue weighted by atomic mass is 10.0. The standard InChI is InChI=1S/C14H29NO/c1-3-4-5-6-7-8-9-10-11-12-14(2)15-13-16/h13-14H,3-12H2,1-2H3,(H,15,16). The van der Waals surface area contributed by atoms with E-state index in [2.05, 4.69) is 19.2 Å². The monoisotopic (exact) mass is 227 g/mol. The van der Waals surface area contributed by atoms with E-state index in [1.165, 1.54) is 57.8 Å². The van der Waals surface area contributed by atoms with Crippen LogP contribution in [0.5, 0.6) is 0 Å². The number of nitrogens with one attached hydrogen (secondary N) is 1. The van der Waals surface area contributed by atoms with Gasteiger partial charge in [0.05, 0.1) is 0 Å². The highest BCUT2D eigenvalue weighted by molar-refractivity contribution is 5.46. The molecule has 0 saturated heterocycles. The van der Waals surface area contributed by atoms with E-state index in [1.54, 1.807) is 0 Å². The second kappa shape index (κ2) is 12.5. The summed E-state index contributed by atoms with van der Waals surface area (Å²) in [6.45, 7) is 4.33. The van der Waals surface area contributed by atoms with Crippen LogP contribution in [0.1, 0.15) is 78.1 Å². The van der Waals surface area contributed by atoms with Crippen molar-refractivity contribution in [1.82, 2.24) is 5.32 Å². The lowest BCUT2D eigenvalue weighted by Gasteiger charge is -2.09. The fourth-order valence-electron chi connectivity index (χ4n) is 1.96. The van der Waals surface area contributed by atoms with Gasteiger partial charge in [0.1, 0.15) is 0 Å². The highest BCUT2D eigenvalue weighted by atomic mass is 16.1. The zero-order valence-corrected chi connectivity index (χ0v) is 11.1. The van der Waals surface area contributed by atoms with Gasteiger partial charge in [-0.05, 0) is 13.3 Å². The van der Waals surface area contributed by atoms with Crippen LogP contribution in [-0.2, 0) is 4.79 Å². The van der Waals surface area contributed by atoms with Gasteiger partial charge in [-0.15, -0.1) is 0 Å². The van der Waals surface area contributed by atoms with Gasteiger partial charge >= 0.3 is 0 Å². The molecule has 0 radical (unpaired) electrons. The molecule has 0 saturated carbocycles. The van der Waals surface area contributed by atoms with Gasteiger partial charge < -0.3 is 5.32 Å². The highest BCUT2D eigenvalue weighted by Crippen LogP contribution is 2.11. The molecule has 0 aromatic heterocycles.